The molecule has 0 radical (unpaired) electrons. The van der Waals surface area contributed by atoms with Crippen LogP contribution in [0.3, 0.4) is 0 Å². The predicted octanol–water partition coefficient (Wildman–Crippen LogP) is 3.58. The van der Waals surface area contributed by atoms with Gasteiger partial charge in [-0.05, 0) is 30.2 Å². The van der Waals surface area contributed by atoms with Gasteiger partial charge in [-0.15, -0.1) is 0 Å². The van der Waals surface area contributed by atoms with Crippen LogP contribution >= 0.6 is 0 Å². The fraction of sp³-hybridized carbons (Fsp3) is 0.300. The molecule has 2 aromatic rings. The lowest BCUT2D eigenvalue weighted by Gasteiger charge is -2.11. The molecule has 0 aliphatic heterocycles. The summed E-state index contributed by atoms with van der Waals surface area (Å²) in [4.78, 5) is 13.0. The molecule has 23 heavy (non-hydrogen) atoms. The third-order valence-corrected chi connectivity index (χ3v) is 3.74. The van der Waals surface area contributed by atoms with Crippen molar-refractivity contribution >= 4 is 23.6 Å². The monoisotopic (exact) mass is 309 g/mol. The van der Waals surface area contributed by atoms with Gasteiger partial charge >= 0.3 is 0 Å². The van der Waals surface area contributed by atoms with Gasteiger partial charge in [0.25, 0.3) is 0 Å². The number of aryl methyl sites for hydroxylation is 1. The Morgan fingerprint density at radius 3 is 2.09 bits per heavy atom. The Morgan fingerprint density at radius 1 is 1.00 bits per heavy atom. The zero-order valence-electron chi connectivity index (χ0n) is 14.2. The molecule has 0 saturated carbocycles. The smallest absolute Gasteiger partial charge is 0.169 e. The SMILES string of the molecule is CC(=O)CCC[n+]1ccc(/C=C/c2ccc(N(C)C)cc2)cc1. The molecule has 3 nitrogen and oxygen atoms in total. The van der Waals surface area contributed by atoms with Gasteiger partial charge in [0, 0.05) is 44.8 Å². The lowest BCUT2D eigenvalue weighted by atomic mass is 10.1. The molecule has 1 aromatic heterocycles. The highest BCUT2D eigenvalue weighted by molar-refractivity contribution is 5.75. The van der Waals surface area contributed by atoms with E-state index in [4.69, 9.17) is 0 Å². The normalized spacial score (nSPS) is 10.9. The number of carbonyl (C=O) groups is 1. The van der Waals surface area contributed by atoms with Crippen LogP contribution in [0.1, 0.15) is 30.9 Å². The number of rotatable bonds is 7. The van der Waals surface area contributed by atoms with Crippen molar-refractivity contribution in [2.24, 2.45) is 0 Å². The molecule has 0 bridgehead atoms. The summed E-state index contributed by atoms with van der Waals surface area (Å²) < 4.78 is 2.12. The first kappa shape index (κ1) is 16.9. The summed E-state index contributed by atoms with van der Waals surface area (Å²) in [7, 11) is 4.08. The van der Waals surface area contributed by atoms with Crippen molar-refractivity contribution in [1.82, 2.24) is 0 Å². The van der Waals surface area contributed by atoms with Crippen molar-refractivity contribution in [2.75, 3.05) is 19.0 Å². The second kappa shape index (κ2) is 8.28. The molecule has 0 amide bonds. The first-order valence-electron chi connectivity index (χ1n) is 7.98. The van der Waals surface area contributed by atoms with E-state index >= 15 is 0 Å². The van der Waals surface area contributed by atoms with Crippen molar-refractivity contribution in [1.29, 1.82) is 0 Å². The molecule has 0 unspecified atom stereocenters. The molecule has 1 heterocycles. The third kappa shape index (κ3) is 5.70. The lowest BCUT2D eigenvalue weighted by molar-refractivity contribution is -0.697. The van der Waals surface area contributed by atoms with Crippen LogP contribution in [-0.2, 0) is 11.3 Å². The summed E-state index contributed by atoms with van der Waals surface area (Å²) in [5.74, 6) is 0.255. The first-order valence-corrected chi connectivity index (χ1v) is 7.98. The molecular weight excluding hydrogens is 284 g/mol. The fourth-order valence-corrected chi connectivity index (χ4v) is 2.32. The number of anilines is 1. The summed E-state index contributed by atoms with van der Waals surface area (Å²) in [6, 6.07) is 12.7. The van der Waals surface area contributed by atoms with Gasteiger partial charge in [-0.2, -0.15) is 0 Å². The largest absolute Gasteiger partial charge is 0.378 e. The Hall–Kier alpha value is -2.42. The highest BCUT2D eigenvalue weighted by atomic mass is 16.1. The summed E-state index contributed by atoms with van der Waals surface area (Å²) in [6.07, 6.45) is 9.91. The van der Waals surface area contributed by atoms with E-state index in [0.717, 1.165) is 13.0 Å². The summed E-state index contributed by atoms with van der Waals surface area (Å²) in [6.45, 7) is 2.53. The first-order chi connectivity index (χ1) is 11.0. The average Bonchev–Trinajstić information content (AvgIpc) is 2.54. The maximum absolute atomic E-state index is 10.9. The number of carbonyl (C=O) groups excluding carboxylic acids is 1. The minimum absolute atomic E-state index is 0.255. The van der Waals surface area contributed by atoms with E-state index in [1.165, 1.54) is 16.8 Å². The molecule has 120 valence electrons. The number of benzene rings is 1. The van der Waals surface area contributed by atoms with Crippen LogP contribution in [0.4, 0.5) is 5.69 Å². The second-order valence-corrected chi connectivity index (χ2v) is 5.99. The predicted molar refractivity (Wildman–Crippen MR) is 96.2 cm³/mol. The Bertz CT molecular complexity index is 655. The summed E-state index contributed by atoms with van der Waals surface area (Å²) in [5, 5.41) is 0. The molecule has 0 spiro atoms. The Kier molecular flexibility index (Phi) is 6.10. The molecule has 1 aromatic carbocycles. The van der Waals surface area contributed by atoms with Gasteiger partial charge in [0.05, 0.1) is 0 Å². The zero-order chi connectivity index (χ0) is 16.7. The molecule has 0 aliphatic carbocycles. The standard InChI is InChI=1S/C20H25N2O/c1-17(23)5-4-14-22-15-12-19(13-16-22)7-6-18-8-10-20(11-9-18)21(2)3/h6-13,15-16H,4-5,14H2,1-3H3/q+1. The van der Waals surface area contributed by atoms with Gasteiger partial charge in [0.2, 0.25) is 0 Å². The summed E-state index contributed by atoms with van der Waals surface area (Å²) >= 11 is 0. The minimum atomic E-state index is 0.255. The molecule has 0 saturated heterocycles. The van der Waals surface area contributed by atoms with E-state index in [1.54, 1.807) is 6.92 Å². The van der Waals surface area contributed by atoms with Gasteiger partial charge in [0.15, 0.2) is 12.4 Å². The van der Waals surface area contributed by atoms with Crippen LogP contribution in [-0.4, -0.2) is 19.9 Å². The molecule has 3 heteroatoms. The van der Waals surface area contributed by atoms with Gasteiger partial charge in [-0.1, -0.05) is 24.3 Å². The number of ketones is 1. The van der Waals surface area contributed by atoms with Gasteiger partial charge in [-0.25, -0.2) is 4.57 Å². The van der Waals surface area contributed by atoms with Crippen LogP contribution in [0.2, 0.25) is 0 Å². The Balaban J connectivity index is 1.93. The Labute approximate surface area is 138 Å². The van der Waals surface area contributed by atoms with Gasteiger partial charge in [-0.3, -0.25) is 0 Å². The van der Waals surface area contributed by atoms with Crippen molar-refractivity contribution in [2.45, 2.75) is 26.3 Å². The average molecular weight is 309 g/mol. The van der Waals surface area contributed by atoms with Crippen molar-refractivity contribution in [3.63, 3.8) is 0 Å². The van der Waals surface area contributed by atoms with E-state index in [0.29, 0.717) is 6.42 Å². The molecule has 0 fully saturated rings. The van der Waals surface area contributed by atoms with Crippen LogP contribution < -0.4 is 9.47 Å². The van der Waals surface area contributed by atoms with E-state index in [-0.39, 0.29) is 5.78 Å². The lowest BCUT2D eigenvalue weighted by Crippen LogP contribution is -2.32. The van der Waals surface area contributed by atoms with Crippen LogP contribution in [0.5, 0.6) is 0 Å². The minimum Gasteiger partial charge on any atom is -0.378 e. The zero-order valence-corrected chi connectivity index (χ0v) is 14.2. The molecule has 2 rings (SSSR count). The number of hydrogen-bond donors (Lipinski definition) is 0. The summed E-state index contributed by atoms with van der Waals surface area (Å²) in [5.41, 5.74) is 3.56. The maximum Gasteiger partial charge on any atom is 0.169 e. The van der Waals surface area contributed by atoms with E-state index in [2.05, 4.69) is 70.4 Å². The number of hydrogen-bond acceptors (Lipinski definition) is 2. The van der Waals surface area contributed by atoms with E-state index in [9.17, 15) is 4.79 Å². The van der Waals surface area contributed by atoms with Crippen molar-refractivity contribution in [3.05, 3.63) is 59.9 Å². The Morgan fingerprint density at radius 2 is 1.57 bits per heavy atom. The third-order valence-electron chi connectivity index (χ3n) is 3.74. The van der Waals surface area contributed by atoms with E-state index < -0.39 is 0 Å². The van der Waals surface area contributed by atoms with Gasteiger partial charge < -0.3 is 9.69 Å². The van der Waals surface area contributed by atoms with Gasteiger partial charge in [0.1, 0.15) is 12.3 Å². The van der Waals surface area contributed by atoms with E-state index in [1.807, 2.05) is 14.1 Å². The number of aromatic nitrogens is 1. The topological polar surface area (TPSA) is 24.2 Å². The number of nitrogens with zero attached hydrogens (tertiary/aromatic N) is 2. The number of pyridine rings is 1. The quantitative estimate of drug-likeness (QED) is 0.730. The molecule has 0 N–H and O–H groups in total. The fourth-order valence-electron chi connectivity index (χ4n) is 2.32. The molecular formula is C20H25N2O+. The van der Waals surface area contributed by atoms with Crippen molar-refractivity contribution < 1.29 is 9.36 Å². The highest BCUT2D eigenvalue weighted by Crippen LogP contribution is 2.14. The van der Waals surface area contributed by atoms with Crippen LogP contribution in [0.25, 0.3) is 12.2 Å². The maximum atomic E-state index is 10.9. The molecule has 0 atom stereocenters. The second-order valence-electron chi connectivity index (χ2n) is 5.99. The van der Waals surface area contributed by atoms with Crippen LogP contribution in [0.15, 0.2) is 48.8 Å². The molecule has 0 aliphatic rings. The highest BCUT2D eigenvalue weighted by Gasteiger charge is 2.01. The van der Waals surface area contributed by atoms with Crippen LogP contribution in [0, 0.1) is 0 Å². The number of Topliss-reactive ketones (excluding diaryl/α,β-unsaturated/α-hetero) is 1. The van der Waals surface area contributed by atoms with Crippen molar-refractivity contribution in [3.8, 4) is 0 Å².